The second kappa shape index (κ2) is 7.76. The lowest BCUT2D eigenvalue weighted by molar-refractivity contribution is 0.0794. The molecule has 3 rings (SSSR count). The number of methoxy groups -OCH3 is 1. The molecule has 1 saturated heterocycles. The van der Waals surface area contributed by atoms with Crippen LogP contribution in [0, 0.1) is 6.92 Å². The van der Waals surface area contributed by atoms with Gasteiger partial charge in [0.2, 0.25) is 0 Å². The molecule has 0 radical (unpaired) electrons. The number of anilines is 1. The van der Waals surface area contributed by atoms with Crippen molar-refractivity contribution in [2.45, 2.75) is 26.4 Å². The van der Waals surface area contributed by atoms with Crippen LogP contribution in [0.15, 0.2) is 23.6 Å². The highest BCUT2D eigenvalue weighted by atomic mass is 32.1. The number of aryl methyl sites for hydroxylation is 1. The Morgan fingerprint density at radius 3 is 2.80 bits per heavy atom. The predicted octanol–water partition coefficient (Wildman–Crippen LogP) is 3.09. The van der Waals surface area contributed by atoms with Gasteiger partial charge in [0.15, 0.2) is 0 Å². The Labute approximate surface area is 150 Å². The van der Waals surface area contributed by atoms with Gasteiger partial charge < -0.3 is 15.0 Å². The van der Waals surface area contributed by atoms with E-state index in [0.29, 0.717) is 23.6 Å². The third-order valence-corrected chi connectivity index (χ3v) is 5.01. The molecule has 25 heavy (non-hydrogen) atoms. The summed E-state index contributed by atoms with van der Waals surface area (Å²) in [6, 6.07) is 5.49. The number of thiazole rings is 1. The van der Waals surface area contributed by atoms with E-state index in [1.165, 1.54) is 11.3 Å². The number of benzene rings is 1. The molecule has 132 valence electrons. The average molecular weight is 359 g/mol. The number of hydrogen-bond donors (Lipinski definition) is 1. The Morgan fingerprint density at radius 1 is 1.32 bits per heavy atom. The number of nitrogens with zero attached hydrogens (tertiary/aromatic N) is 2. The van der Waals surface area contributed by atoms with Crippen LogP contribution < -0.4 is 5.32 Å². The zero-order valence-electron chi connectivity index (χ0n) is 14.4. The summed E-state index contributed by atoms with van der Waals surface area (Å²) in [5.74, 6) is -0.349. The van der Waals surface area contributed by atoms with Gasteiger partial charge in [0.05, 0.1) is 17.9 Å². The van der Waals surface area contributed by atoms with Gasteiger partial charge in [0, 0.05) is 25.6 Å². The number of para-hydroxylation sites is 1. The minimum absolute atomic E-state index is 0.0325. The Bertz CT molecular complexity index is 782. The first-order valence-corrected chi connectivity index (χ1v) is 9.11. The Hall–Kier alpha value is -2.25. The van der Waals surface area contributed by atoms with Crippen molar-refractivity contribution in [2.24, 2.45) is 0 Å². The first-order valence-electron chi connectivity index (χ1n) is 8.23. The van der Waals surface area contributed by atoms with Crippen molar-refractivity contribution in [3.8, 4) is 0 Å². The van der Waals surface area contributed by atoms with Crippen molar-refractivity contribution in [1.29, 1.82) is 0 Å². The zero-order chi connectivity index (χ0) is 17.8. The summed E-state index contributed by atoms with van der Waals surface area (Å²) in [6.45, 7) is 3.80. The van der Waals surface area contributed by atoms with Crippen molar-refractivity contribution in [3.05, 3.63) is 45.4 Å². The number of rotatable bonds is 5. The van der Waals surface area contributed by atoms with Crippen molar-refractivity contribution in [2.75, 3.05) is 25.5 Å². The van der Waals surface area contributed by atoms with Gasteiger partial charge in [-0.1, -0.05) is 12.1 Å². The van der Waals surface area contributed by atoms with Gasteiger partial charge >= 0.3 is 0 Å². The maximum Gasteiger partial charge on any atom is 0.275 e. The Kier molecular flexibility index (Phi) is 5.45. The highest BCUT2D eigenvalue weighted by Gasteiger charge is 2.24. The van der Waals surface area contributed by atoms with Crippen molar-refractivity contribution >= 4 is 28.8 Å². The molecular weight excluding hydrogens is 338 g/mol. The zero-order valence-corrected chi connectivity index (χ0v) is 15.2. The van der Waals surface area contributed by atoms with Gasteiger partial charge in [-0.05, 0) is 31.4 Å². The molecule has 0 aliphatic carbocycles. The third kappa shape index (κ3) is 3.88. The van der Waals surface area contributed by atoms with E-state index in [1.54, 1.807) is 18.6 Å². The molecule has 1 aromatic heterocycles. The van der Waals surface area contributed by atoms with Gasteiger partial charge in [-0.3, -0.25) is 9.59 Å². The summed E-state index contributed by atoms with van der Waals surface area (Å²) >= 11 is 1.38. The number of amides is 2. The second-order valence-electron chi connectivity index (χ2n) is 6.01. The van der Waals surface area contributed by atoms with Crippen LogP contribution in [-0.2, 0) is 11.3 Å². The van der Waals surface area contributed by atoms with E-state index in [1.807, 2.05) is 24.0 Å². The van der Waals surface area contributed by atoms with Crippen molar-refractivity contribution in [3.63, 3.8) is 0 Å². The molecular formula is C18H21N3O3S. The molecule has 1 aromatic carbocycles. The molecule has 6 nitrogen and oxygen atoms in total. The van der Waals surface area contributed by atoms with Crippen LogP contribution in [-0.4, -0.2) is 41.9 Å². The average Bonchev–Trinajstić information content (AvgIpc) is 3.28. The summed E-state index contributed by atoms with van der Waals surface area (Å²) in [7, 11) is 1.59. The Balaban J connectivity index is 1.83. The van der Waals surface area contributed by atoms with E-state index in [2.05, 4.69) is 10.3 Å². The van der Waals surface area contributed by atoms with Crippen LogP contribution in [0.3, 0.4) is 0 Å². The number of carbonyl (C=O) groups excluding carboxylic acids is 2. The highest BCUT2D eigenvalue weighted by molar-refractivity contribution is 7.09. The maximum absolute atomic E-state index is 12.8. The fourth-order valence-corrected chi connectivity index (χ4v) is 3.63. The minimum Gasteiger partial charge on any atom is -0.378 e. The first-order chi connectivity index (χ1) is 12.1. The van der Waals surface area contributed by atoms with Gasteiger partial charge in [0.1, 0.15) is 10.7 Å². The molecule has 0 saturated carbocycles. The van der Waals surface area contributed by atoms with Crippen LogP contribution >= 0.6 is 11.3 Å². The quantitative estimate of drug-likeness (QED) is 0.890. The maximum atomic E-state index is 12.8. The van der Waals surface area contributed by atoms with Gasteiger partial charge in [0.25, 0.3) is 11.8 Å². The van der Waals surface area contributed by atoms with Crippen molar-refractivity contribution in [1.82, 2.24) is 9.88 Å². The lowest BCUT2D eigenvalue weighted by Gasteiger charge is -2.19. The molecule has 0 unspecified atom stereocenters. The molecule has 2 heterocycles. The number of ether oxygens (including phenoxy) is 1. The van der Waals surface area contributed by atoms with Crippen LogP contribution in [0.1, 0.15) is 44.3 Å². The normalized spacial score (nSPS) is 13.9. The van der Waals surface area contributed by atoms with Gasteiger partial charge in [-0.15, -0.1) is 11.3 Å². The predicted molar refractivity (Wildman–Crippen MR) is 97.1 cm³/mol. The van der Waals surface area contributed by atoms with E-state index < -0.39 is 0 Å². The highest BCUT2D eigenvalue weighted by Crippen LogP contribution is 2.25. The number of carbonyl (C=O) groups is 2. The molecule has 0 spiro atoms. The van der Waals surface area contributed by atoms with Crippen LogP contribution in [0.25, 0.3) is 0 Å². The molecule has 2 amide bonds. The second-order valence-corrected chi connectivity index (χ2v) is 6.95. The Morgan fingerprint density at radius 2 is 2.08 bits per heavy atom. The van der Waals surface area contributed by atoms with Gasteiger partial charge in [-0.2, -0.15) is 0 Å². The fourth-order valence-electron chi connectivity index (χ4n) is 2.88. The molecule has 1 N–H and O–H groups in total. The first kappa shape index (κ1) is 17.6. The molecule has 2 aromatic rings. The van der Waals surface area contributed by atoms with Crippen LogP contribution in [0.4, 0.5) is 5.69 Å². The minimum atomic E-state index is -0.316. The van der Waals surface area contributed by atoms with Crippen LogP contribution in [0.2, 0.25) is 0 Å². The molecule has 0 atom stereocenters. The van der Waals surface area contributed by atoms with E-state index in [4.69, 9.17) is 4.74 Å². The standard InChI is InChI=1S/C18H21N3O3S/c1-12-6-5-7-13(18(23)21-8-3-4-9-21)16(12)20-17(22)14-11-25-15(19-14)10-24-2/h5-7,11H,3-4,8-10H2,1-2H3,(H,20,22). The largest absolute Gasteiger partial charge is 0.378 e. The van der Waals surface area contributed by atoms with E-state index in [9.17, 15) is 9.59 Å². The summed E-state index contributed by atoms with van der Waals surface area (Å²) in [5.41, 5.74) is 2.28. The SMILES string of the molecule is COCc1nc(C(=O)Nc2c(C)cccc2C(=O)N2CCCC2)cs1. The lowest BCUT2D eigenvalue weighted by atomic mass is 10.1. The number of hydrogen-bond acceptors (Lipinski definition) is 5. The van der Waals surface area contributed by atoms with Gasteiger partial charge in [-0.25, -0.2) is 4.98 Å². The monoisotopic (exact) mass is 359 g/mol. The summed E-state index contributed by atoms with van der Waals surface area (Å²) < 4.78 is 5.03. The molecule has 7 heteroatoms. The van der Waals surface area contributed by atoms with Crippen LogP contribution in [0.5, 0.6) is 0 Å². The van der Waals surface area contributed by atoms with Crippen molar-refractivity contribution < 1.29 is 14.3 Å². The summed E-state index contributed by atoms with van der Waals surface area (Å²) in [4.78, 5) is 31.4. The fraction of sp³-hybridized carbons (Fsp3) is 0.389. The number of aromatic nitrogens is 1. The van der Waals surface area contributed by atoms with E-state index in [-0.39, 0.29) is 11.8 Å². The molecule has 1 aliphatic rings. The smallest absolute Gasteiger partial charge is 0.275 e. The molecule has 0 bridgehead atoms. The molecule has 1 aliphatic heterocycles. The topological polar surface area (TPSA) is 71.5 Å². The lowest BCUT2D eigenvalue weighted by Crippen LogP contribution is -2.29. The third-order valence-electron chi connectivity index (χ3n) is 4.19. The molecule has 1 fully saturated rings. The van der Waals surface area contributed by atoms with E-state index in [0.717, 1.165) is 36.5 Å². The summed E-state index contributed by atoms with van der Waals surface area (Å²) in [5, 5.41) is 5.31. The van der Waals surface area contributed by atoms with E-state index >= 15 is 0 Å². The summed E-state index contributed by atoms with van der Waals surface area (Å²) in [6.07, 6.45) is 2.06. The number of nitrogens with one attached hydrogen (secondary N) is 1. The number of likely N-dealkylation sites (tertiary alicyclic amines) is 1.